The van der Waals surface area contributed by atoms with Crippen molar-refractivity contribution >= 4 is 11.8 Å². The minimum Gasteiger partial charge on any atom is -0.489 e. The molecule has 7 nitrogen and oxygen atoms in total. The Balaban J connectivity index is 1.67. The lowest BCUT2D eigenvalue weighted by Crippen LogP contribution is -2.55. The molecule has 2 aromatic carbocycles. The van der Waals surface area contributed by atoms with Crippen molar-refractivity contribution in [2.75, 3.05) is 13.1 Å². The molecule has 2 amide bonds. The Hall–Kier alpha value is -2.90. The fourth-order valence-electron chi connectivity index (χ4n) is 4.17. The minimum atomic E-state index is -0.743. The second-order valence-corrected chi connectivity index (χ2v) is 9.50. The van der Waals surface area contributed by atoms with Gasteiger partial charge in [0.2, 0.25) is 11.8 Å². The number of ether oxygens (including phenoxy) is 1. The summed E-state index contributed by atoms with van der Waals surface area (Å²) in [6.45, 7) is 5.35. The molecule has 0 bridgehead atoms. The topological polar surface area (TPSA) is 105 Å². The Morgan fingerprint density at radius 1 is 1.12 bits per heavy atom. The predicted octanol–water partition coefficient (Wildman–Crippen LogP) is 2.65. The molecule has 2 aromatic rings. The van der Waals surface area contributed by atoms with E-state index in [0.717, 1.165) is 23.3 Å². The van der Waals surface area contributed by atoms with Crippen molar-refractivity contribution in [2.24, 2.45) is 11.7 Å². The highest BCUT2D eigenvalue weighted by Crippen LogP contribution is 2.18. The lowest BCUT2D eigenvalue weighted by Gasteiger charge is -2.33. The third-order valence-electron chi connectivity index (χ3n) is 6.00. The molecule has 1 fully saturated rings. The summed E-state index contributed by atoms with van der Waals surface area (Å²) in [5, 5.41) is 12.9. The van der Waals surface area contributed by atoms with Gasteiger partial charge in [-0.05, 0) is 48.4 Å². The quantitative estimate of drug-likeness (QED) is 0.498. The van der Waals surface area contributed by atoms with Crippen molar-refractivity contribution in [1.29, 1.82) is 0 Å². The summed E-state index contributed by atoms with van der Waals surface area (Å²) in [4.78, 5) is 27.7. The van der Waals surface area contributed by atoms with Crippen LogP contribution in [0.25, 0.3) is 0 Å². The summed E-state index contributed by atoms with van der Waals surface area (Å²) in [6.07, 6.45) is 1.78. The molecule has 3 atom stereocenters. The minimum absolute atomic E-state index is 0.187. The van der Waals surface area contributed by atoms with E-state index in [1.165, 1.54) is 0 Å². The maximum Gasteiger partial charge on any atom is 0.245 e. The molecule has 1 aliphatic heterocycles. The van der Waals surface area contributed by atoms with Gasteiger partial charge in [0.05, 0.1) is 12.1 Å². The number of rotatable bonds is 10. The summed E-state index contributed by atoms with van der Waals surface area (Å²) in [7, 11) is 0. The number of amides is 2. The second kappa shape index (κ2) is 12.5. The zero-order valence-electron chi connectivity index (χ0n) is 20.2. The lowest BCUT2D eigenvalue weighted by atomic mass is 10.0. The van der Waals surface area contributed by atoms with Crippen molar-refractivity contribution in [2.45, 2.75) is 64.3 Å². The largest absolute Gasteiger partial charge is 0.489 e. The average Bonchev–Trinajstić information content (AvgIpc) is 2.83. The first-order chi connectivity index (χ1) is 16.3. The Morgan fingerprint density at radius 3 is 2.47 bits per heavy atom. The van der Waals surface area contributed by atoms with Crippen molar-refractivity contribution in [3.63, 3.8) is 0 Å². The highest BCUT2D eigenvalue weighted by molar-refractivity contribution is 5.90. The van der Waals surface area contributed by atoms with Gasteiger partial charge < -0.3 is 25.8 Å². The third kappa shape index (κ3) is 7.85. The van der Waals surface area contributed by atoms with Gasteiger partial charge in [-0.1, -0.05) is 56.3 Å². The van der Waals surface area contributed by atoms with Crippen LogP contribution in [0.2, 0.25) is 0 Å². The maximum atomic E-state index is 13.3. The molecule has 1 aliphatic rings. The molecule has 34 heavy (non-hydrogen) atoms. The van der Waals surface area contributed by atoms with E-state index < -0.39 is 18.2 Å². The van der Waals surface area contributed by atoms with Gasteiger partial charge in [0.15, 0.2) is 0 Å². The molecule has 0 saturated carbocycles. The molecule has 3 unspecified atom stereocenters. The number of nitrogens with one attached hydrogen (secondary N) is 1. The number of aliphatic hydroxyl groups is 1. The van der Waals surface area contributed by atoms with Gasteiger partial charge in [0.25, 0.3) is 0 Å². The number of aliphatic hydroxyl groups excluding tert-OH is 1. The van der Waals surface area contributed by atoms with Crippen LogP contribution in [0.4, 0.5) is 0 Å². The number of carbonyl (C=O) groups excluding carboxylic acids is 2. The number of hydrogen-bond donors (Lipinski definition) is 3. The summed E-state index contributed by atoms with van der Waals surface area (Å²) in [6, 6.07) is 16.1. The van der Waals surface area contributed by atoms with E-state index in [-0.39, 0.29) is 24.3 Å². The van der Waals surface area contributed by atoms with E-state index in [1.807, 2.05) is 68.4 Å². The Morgan fingerprint density at radius 2 is 1.82 bits per heavy atom. The zero-order valence-corrected chi connectivity index (χ0v) is 20.2. The molecule has 4 N–H and O–H groups in total. The Kier molecular flexibility index (Phi) is 9.48. The number of piperidine rings is 1. The number of β-amino-alcohol motifs (C(OH)–C–C–N with tert-alkyl or cyclic N) is 1. The molecule has 1 heterocycles. The van der Waals surface area contributed by atoms with E-state index >= 15 is 0 Å². The van der Waals surface area contributed by atoms with Crippen LogP contribution in [-0.4, -0.2) is 53.1 Å². The fourth-order valence-corrected chi connectivity index (χ4v) is 4.17. The molecule has 7 heteroatoms. The van der Waals surface area contributed by atoms with Gasteiger partial charge in [-0.15, -0.1) is 0 Å². The SMILES string of the molecule is CC(C)CC(N)C(=O)NC(Cc1ccc(OCc2ccccc2)cc1)C(=O)N1CCCC(O)C1. The van der Waals surface area contributed by atoms with Crippen LogP contribution < -0.4 is 15.8 Å². The molecule has 1 saturated heterocycles. The van der Waals surface area contributed by atoms with Crippen molar-refractivity contribution < 1.29 is 19.4 Å². The highest BCUT2D eigenvalue weighted by atomic mass is 16.5. The van der Waals surface area contributed by atoms with Crippen LogP contribution in [0.15, 0.2) is 54.6 Å². The summed E-state index contributed by atoms with van der Waals surface area (Å²) < 4.78 is 5.85. The van der Waals surface area contributed by atoms with E-state index in [9.17, 15) is 14.7 Å². The van der Waals surface area contributed by atoms with E-state index in [0.29, 0.717) is 32.4 Å². The smallest absolute Gasteiger partial charge is 0.245 e. The molecule has 0 radical (unpaired) electrons. The lowest BCUT2D eigenvalue weighted by molar-refractivity contribution is -0.139. The number of carbonyl (C=O) groups is 2. The molecule has 0 spiro atoms. The van der Waals surface area contributed by atoms with Crippen LogP contribution in [0.1, 0.15) is 44.2 Å². The summed E-state index contributed by atoms with van der Waals surface area (Å²) in [5.74, 6) is 0.494. The van der Waals surface area contributed by atoms with Crippen LogP contribution >= 0.6 is 0 Å². The highest BCUT2D eigenvalue weighted by Gasteiger charge is 2.30. The number of likely N-dealkylation sites (tertiary alicyclic amines) is 1. The van der Waals surface area contributed by atoms with Gasteiger partial charge in [0.1, 0.15) is 18.4 Å². The van der Waals surface area contributed by atoms with Crippen molar-refractivity contribution in [3.8, 4) is 5.75 Å². The normalized spacial score (nSPS) is 17.8. The Bertz CT molecular complexity index is 917. The van der Waals surface area contributed by atoms with Gasteiger partial charge >= 0.3 is 0 Å². The van der Waals surface area contributed by atoms with Crippen LogP contribution in [-0.2, 0) is 22.6 Å². The number of hydrogen-bond acceptors (Lipinski definition) is 5. The molecule has 0 aliphatic carbocycles. The number of benzene rings is 2. The molecule has 0 aromatic heterocycles. The first kappa shape index (κ1) is 25.7. The first-order valence-corrected chi connectivity index (χ1v) is 12.1. The molecule has 184 valence electrons. The van der Waals surface area contributed by atoms with Gasteiger partial charge in [-0.25, -0.2) is 0 Å². The standard InChI is InChI=1S/C27H37N3O4/c1-19(2)15-24(28)26(32)29-25(27(33)30-14-6-9-22(31)17-30)16-20-10-12-23(13-11-20)34-18-21-7-4-3-5-8-21/h3-5,7-8,10-13,19,22,24-25,31H,6,9,14-18,28H2,1-2H3,(H,29,32). The Labute approximate surface area is 202 Å². The average molecular weight is 468 g/mol. The van der Waals surface area contributed by atoms with Gasteiger partial charge in [-0.3, -0.25) is 9.59 Å². The van der Waals surface area contributed by atoms with Crippen molar-refractivity contribution in [1.82, 2.24) is 10.2 Å². The van der Waals surface area contributed by atoms with Gasteiger partial charge in [-0.2, -0.15) is 0 Å². The monoisotopic (exact) mass is 467 g/mol. The van der Waals surface area contributed by atoms with E-state index in [1.54, 1.807) is 4.90 Å². The molecular formula is C27H37N3O4. The van der Waals surface area contributed by atoms with Crippen LogP contribution in [0.5, 0.6) is 5.75 Å². The number of nitrogens with zero attached hydrogens (tertiary/aromatic N) is 1. The second-order valence-electron chi connectivity index (χ2n) is 9.50. The van der Waals surface area contributed by atoms with Crippen LogP contribution in [0, 0.1) is 5.92 Å². The molecule has 3 rings (SSSR count). The van der Waals surface area contributed by atoms with E-state index in [4.69, 9.17) is 10.5 Å². The fraction of sp³-hybridized carbons (Fsp3) is 0.481. The maximum absolute atomic E-state index is 13.3. The number of nitrogens with two attached hydrogens (primary N) is 1. The summed E-state index contributed by atoms with van der Waals surface area (Å²) in [5.41, 5.74) is 8.06. The first-order valence-electron chi connectivity index (χ1n) is 12.1. The molecular weight excluding hydrogens is 430 g/mol. The summed E-state index contributed by atoms with van der Waals surface area (Å²) >= 11 is 0. The van der Waals surface area contributed by atoms with Crippen LogP contribution in [0.3, 0.4) is 0 Å². The van der Waals surface area contributed by atoms with E-state index in [2.05, 4.69) is 5.32 Å². The van der Waals surface area contributed by atoms with Crippen molar-refractivity contribution in [3.05, 3.63) is 65.7 Å². The predicted molar refractivity (Wildman–Crippen MR) is 132 cm³/mol. The zero-order chi connectivity index (χ0) is 24.5. The van der Waals surface area contributed by atoms with Gasteiger partial charge in [0, 0.05) is 19.5 Å². The third-order valence-corrected chi connectivity index (χ3v) is 6.00.